The number of benzene rings is 1. The minimum atomic E-state index is -0.122. The van der Waals surface area contributed by atoms with Crippen LogP contribution in [0.3, 0.4) is 0 Å². The fourth-order valence-corrected chi connectivity index (χ4v) is 1.96. The highest BCUT2D eigenvalue weighted by atomic mass is 35.5. The highest BCUT2D eigenvalue weighted by Gasteiger charge is 2.15. The predicted octanol–water partition coefficient (Wildman–Crippen LogP) is 2.94. The third kappa shape index (κ3) is 3.17. The van der Waals surface area contributed by atoms with E-state index in [2.05, 4.69) is 10.1 Å². The summed E-state index contributed by atoms with van der Waals surface area (Å²) in [6.07, 6.45) is 1.45. The fourth-order valence-electron chi connectivity index (χ4n) is 1.71. The molecule has 3 N–H and O–H groups in total. The van der Waals surface area contributed by atoms with Gasteiger partial charge in [0, 0.05) is 11.8 Å². The standard InChI is InChI=1S/C14H14ClN3O3/c1-8-3-4-10(11(7-8)20-2)21-14-12(15)9(5-6-17-14)13(16)18-19/h3-7,19H,1-2H3,(H2,16,18). The van der Waals surface area contributed by atoms with Gasteiger partial charge in [0.05, 0.1) is 7.11 Å². The Kier molecular flexibility index (Phi) is 4.49. The number of aryl methyl sites for hydroxylation is 1. The molecular formula is C14H14ClN3O3. The van der Waals surface area contributed by atoms with E-state index in [1.54, 1.807) is 13.2 Å². The van der Waals surface area contributed by atoms with Gasteiger partial charge in [-0.25, -0.2) is 4.98 Å². The number of hydrogen-bond acceptors (Lipinski definition) is 5. The molecule has 1 aromatic carbocycles. The molecule has 2 aromatic rings. The van der Waals surface area contributed by atoms with E-state index in [4.69, 9.17) is 32.0 Å². The second-order valence-corrected chi connectivity index (χ2v) is 4.60. The number of amidine groups is 1. The van der Waals surface area contributed by atoms with Crippen molar-refractivity contribution in [3.8, 4) is 17.4 Å². The maximum Gasteiger partial charge on any atom is 0.239 e. The first-order valence-electron chi connectivity index (χ1n) is 6.01. The lowest BCUT2D eigenvalue weighted by atomic mass is 10.2. The van der Waals surface area contributed by atoms with Crippen molar-refractivity contribution >= 4 is 17.4 Å². The number of nitrogens with two attached hydrogens (primary N) is 1. The van der Waals surface area contributed by atoms with E-state index < -0.39 is 0 Å². The van der Waals surface area contributed by atoms with Gasteiger partial charge in [0.15, 0.2) is 17.3 Å². The van der Waals surface area contributed by atoms with Gasteiger partial charge in [-0.1, -0.05) is 22.8 Å². The van der Waals surface area contributed by atoms with Gasteiger partial charge in [-0.2, -0.15) is 0 Å². The largest absolute Gasteiger partial charge is 0.493 e. The van der Waals surface area contributed by atoms with Crippen LogP contribution in [-0.2, 0) is 0 Å². The number of rotatable bonds is 4. The SMILES string of the molecule is COc1cc(C)ccc1Oc1nccc(/C(N)=N/O)c1Cl. The molecule has 21 heavy (non-hydrogen) atoms. The molecule has 7 heteroatoms. The van der Waals surface area contributed by atoms with Crippen molar-refractivity contribution in [2.45, 2.75) is 6.92 Å². The molecule has 0 atom stereocenters. The highest BCUT2D eigenvalue weighted by Crippen LogP contribution is 2.35. The molecule has 0 amide bonds. The summed E-state index contributed by atoms with van der Waals surface area (Å²) < 4.78 is 10.9. The molecule has 0 aliphatic rings. The summed E-state index contributed by atoms with van der Waals surface area (Å²) in [7, 11) is 1.55. The van der Waals surface area contributed by atoms with Crippen LogP contribution in [0.25, 0.3) is 0 Å². The van der Waals surface area contributed by atoms with Crippen molar-refractivity contribution < 1.29 is 14.7 Å². The third-order valence-corrected chi connectivity index (χ3v) is 3.13. The molecule has 2 rings (SSSR count). The average Bonchev–Trinajstić information content (AvgIpc) is 2.50. The van der Waals surface area contributed by atoms with Crippen LogP contribution in [0.2, 0.25) is 5.02 Å². The van der Waals surface area contributed by atoms with Crippen LogP contribution in [0.1, 0.15) is 11.1 Å². The molecule has 1 heterocycles. The fraction of sp³-hybridized carbons (Fsp3) is 0.143. The monoisotopic (exact) mass is 307 g/mol. The summed E-state index contributed by atoms with van der Waals surface area (Å²) in [5.41, 5.74) is 6.90. The van der Waals surface area contributed by atoms with E-state index in [1.807, 2.05) is 19.1 Å². The van der Waals surface area contributed by atoms with Crippen molar-refractivity contribution in [1.82, 2.24) is 4.98 Å². The van der Waals surface area contributed by atoms with Gasteiger partial charge in [0.1, 0.15) is 5.02 Å². The summed E-state index contributed by atoms with van der Waals surface area (Å²) >= 11 is 6.16. The van der Waals surface area contributed by atoms with Crippen LogP contribution < -0.4 is 15.2 Å². The number of aromatic nitrogens is 1. The number of hydrogen-bond donors (Lipinski definition) is 2. The highest BCUT2D eigenvalue weighted by molar-refractivity contribution is 6.35. The van der Waals surface area contributed by atoms with Crippen molar-refractivity contribution in [3.63, 3.8) is 0 Å². The molecular weight excluding hydrogens is 294 g/mol. The van der Waals surface area contributed by atoms with E-state index >= 15 is 0 Å². The van der Waals surface area contributed by atoms with Crippen molar-refractivity contribution in [2.24, 2.45) is 10.9 Å². The third-order valence-electron chi connectivity index (χ3n) is 2.77. The quantitative estimate of drug-likeness (QED) is 0.392. The van der Waals surface area contributed by atoms with Crippen LogP contribution in [0.15, 0.2) is 35.6 Å². The maximum absolute atomic E-state index is 8.73. The second-order valence-electron chi connectivity index (χ2n) is 4.22. The Bertz CT molecular complexity index is 689. The molecule has 0 bridgehead atoms. The van der Waals surface area contributed by atoms with Gasteiger partial charge >= 0.3 is 0 Å². The van der Waals surface area contributed by atoms with Gasteiger partial charge in [-0.3, -0.25) is 0 Å². The van der Waals surface area contributed by atoms with Gasteiger partial charge in [-0.15, -0.1) is 0 Å². The Labute approximate surface area is 126 Å². The molecule has 0 spiro atoms. The zero-order chi connectivity index (χ0) is 15.4. The zero-order valence-electron chi connectivity index (χ0n) is 11.5. The number of pyridine rings is 1. The normalized spacial score (nSPS) is 11.3. The van der Waals surface area contributed by atoms with Crippen LogP contribution >= 0.6 is 11.6 Å². The Hall–Kier alpha value is -2.47. The zero-order valence-corrected chi connectivity index (χ0v) is 12.3. The molecule has 0 radical (unpaired) electrons. The van der Waals surface area contributed by atoms with Crippen LogP contribution in [0.4, 0.5) is 0 Å². The lowest BCUT2D eigenvalue weighted by molar-refractivity contribution is 0.318. The average molecular weight is 308 g/mol. The molecule has 0 aliphatic heterocycles. The molecule has 0 unspecified atom stereocenters. The number of nitrogens with zero attached hydrogens (tertiary/aromatic N) is 2. The van der Waals surface area contributed by atoms with Crippen molar-refractivity contribution in [2.75, 3.05) is 7.11 Å². The van der Waals surface area contributed by atoms with Crippen LogP contribution in [0, 0.1) is 6.92 Å². The molecule has 0 saturated heterocycles. The summed E-state index contributed by atoms with van der Waals surface area (Å²) in [4.78, 5) is 4.05. The van der Waals surface area contributed by atoms with E-state index in [0.29, 0.717) is 17.1 Å². The Morgan fingerprint density at radius 1 is 1.33 bits per heavy atom. The number of methoxy groups -OCH3 is 1. The van der Waals surface area contributed by atoms with Crippen LogP contribution in [-0.4, -0.2) is 23.1 Å². The summed E-state index contributed by atoms with van der Waals surface area (Å²) in [6.45, 7) is 1.94. The molecule has 110 valence electrons. The number of ether oxygens (including phenoxy) is 2. The first kappa shape index (κ1) is 14.9. The van der Waals surface area contributed by atoms with Gasteiger partial charge in [-0.05, 0) is 30.7 Å². The molecule has 0 fully saturated rings. The molecule has 0 aliphatic carbocycles. The maximum atomic E-state index is 8.73. The first-order valence-corrected chi connectivity index (χ1v) is 6.39. The van der Waals surface area contributed by atoms with Crippen LogP contribution in [0.5, 0.6) is 17.4 Å². The van der Waals surface area contributed by atoms with Gasteiger partial charge < -0.3 is 20.4 Å². The minimum absolute atomic E-state index is 0.122. The van der Waals surface area contributed by atoms with E-state index in [-0.39, 0.29) is 16.7 Å². The number of halogens is 1. The van der Waals surface area contributed by atoms with E-state index in [9.17, 15) is 0 Å². The smallest absolute Gasteiger partial charge is 0.239 e. The molecule has 0 saturated carbocycles. The number of oxime groups is 1. The predicted molar refractivity (Wildman–Crippen MR) is 79.6 cm³/mol. The van der Waals surface area contributed by atoms with E-state index in [0.717, 1.165) is 5.56 Å². The van der Waals surface area contributed by atoms with Gasteiger partial charge in [0.25, 0.3) is 0 Å². The van der Waals surface area contributed by atoms with Crippen molar-refractivity contribution in [1.29, 1.82) is 0 Å². The summed E-state index contributed by atoms with van der Waals surface area (Å²) in [5, 5.41) is 11.8. The Balaban J connectivity index is 2.41. The Morgan fingerprint density at radius 2 is 2.10 bits per heavy atom. The minimum Gasteiger partial charge on any atom is -0.493 e. The second kappa shape index (κ2) is 6.32. The molecule has 1 aromatic heterocycles. The lowest BCUT2D eigenvalue weighted by Gasteiger charge is -2.12. The molecule has 6 nitrogen and oxygen atoms in total. The summed E-state index contributed by atoms with van der Waals surface area (Å²) in [6, 6.07) is 6.98. The lowest BCUT2D eigenvalue weighted by Crippen LogP contribution is -2.14. The first-order chi connectivity index (χ1) is 10.1. The van der Waals surface area contributed by atoms with E-state index in [1.165, 1.54) is 12.3 Å². The topological polar surface area (TPSA) is 90.0 Å². The Morgan fingerprint density at radius 3 is 2.76 bits per heavy atom. The summed E-state index contributed by atoms with van der Waals surface area (Å²) in [5.74, 6) is 1.04. The van der Waals surface area contributed by atoms with Gasteiger partial charge in [0.2, 0.25) is 5.88 Å². The van der Waals surface area contributed by atoms with Crippen molar-refractivity contribution in [3.05, 3.63) is 46.6 Å².